The second-order valence-electron chi connectivity index (χ2n) is 6.44. The zero-order valence-electron chi connectivity index (χ0n) is 14.8. The molecule has 3 rings (SSSR count). The largest absolute Gasteiger partial charge is 0.497 e. The number of hydrogen-bond acceptors (Lipinski definition) is 5. The van der Waals surface area contributed by atoms with E-state index in [1.807, 2.05) is 19.1 Å². The monoisotopic (exact) mass is 343 g/mol. The highest BCUT2D eigenvalue weighted by Crippen LogP contribution is 2.18. The van der Waals surface area contributed by atoms with Crippen LogP contribution in [-0.2, 0) is 13.0 Å². The molecule has 1 N–H and O–H groups in total. The maximum Gasteiger partial charge on any atom is 0.290 e. The van der Waals surface area contributed by atoms with Crippen molar-refractivity contribution in [3.8, 4) is 5.75 Å². The molecule has 1 aromatic carbocycles. The van der Waals surface area contributed by atoms with Crippen molar-refractivity contribution in [2.24, 2.45) is 0 Å². The van der Waals surface area contributed by atoms with Gasteiger partial charge >= 0.3 is 0 Å². The SMILES string of the molecule is CCc1cc(C(=O)N[C@H]2CCCN(Cc3cccc(OC)c3)C2)on1. The number of rotatable bonds is 6. The number of aromatic nitrogens is 1. The van der Waals surface area contributed by atoms with Crippen molar-refractivity contribution in [2.45, 2.75) is 38.8 Å². The van der Waals surface area contributed by atoms with E-state index in [0.717, 1.165) is 50.3 Å². The fourth-order valence-corrected chi connectivity index (χ4v) is 3.19. The van der Waals surface area contributed by atoms with Crippen LogP contribution in [0.1, 0.15) is 41.6 Å². The van der Waals surface area contributed by atoms with E-state index in [9.17, 15) is 4.79 Å². The lowest BCUT2D eigenvalue weighted by Crippen LogP contribution is -2.47. The highest BCUT2D eigenvalue weighted by atomic mass is 16.5. The van der Waals surface area contributed by atoms with Crippen molar-refractivity contribution in [3.63, 3.8) is 0 Å². The Morgan fingerprint density at radius 3 is 3.08 bits per heavy atom. The number of benzene rings is 1. The van der Waals surface area contributed by atoms with Crippen LogP contribution in [0.5, 0.6) is 5.75 Å². The topological polar surface area (TPSA) is 67.6 Å². The summed E-state index contributed by atoms with van der Waals surface area (Å²) in [6.07, 6.45) is 2.80. The number of nitrogens with one attached hydrogen (secondary N) is 1. The van der Waals surface area contributed by atoms with Crippen molar-refractivity contribution in [3.05, 3.63) is 47.3 Å². The molecular weight excluding hydrogens is 318 g/mol. The molecule has 1 aliphatic rings. The van der Waals surface area contributed by atoms with Crippen molar-refractivity contribution in [1.29, 1.82) is 0 Å². The Hall–Kier alpha value is -2.34. The van der Waals surface area contributed by atoms with Crippen molar-refractivity contribution >= 4 is 5.91 Å². The summed E-state index contributed by atoms with van der Waals surface area (Å²) in [6, 6.07) is 9.96. The minimum atomic E-state index is -0.180. The number of amides is 1. The molecule has 0 aliphatic carbocycles. The second-order valence-corrected chi connectivity index (χ2v) is 6.44. The Labute approximate surface area is 148 Å². The average Bonchev–Trinajstić information content (AvgIpc) is 3.11. The van der Waals surface area contributed by atoms with Crippen molar-refractivity contribution in [1.82, 2.24) is 15.4 Å². The number of hydrogen-bond donors (Lipinski definition) is 1. The first-order valence-electron chi connectivity index (χ1n) is 8.79. The molecule has 6 heteroatoms. The number of aryl methyl sites for hydroxylation is 1. The Morgan fingerprint density at radius 1 is 1.44 bits per heavy atom. The van der Waals surface area contributed by atoms with Crippen LogP contribution in [0.4, 0.5) is 0 Å². The van der Waals surface area contributed by atoms with E-state index in [2.05, 4.69) is 27.5 Å². The lowest BCUT2D eigenvalue weighted by molar-refractivity contribution is 0.0864. The fourth-order valence-electron chi connectivity index (χ4n) is 3.19. The molecule has 1 amide bonds. The van der Waals surface area contributed by atoms with Gasteiger partial charge in [-0.3, -0.25) is 9.69 Å². The smallest absolute Gasteiger partial charge is 0.290 e. The van der Waals surface area contributed by atoms with E-state index in [1.165, 1.54) is 5.56 Å². The van der Waals surface area contributed by atoms with E-state index < -0.39 is 0 Å². The highest BCUT2D eigenvalue weighted by molar-refractivity contribution is 5.91. The van der Waals surface area contributed by atoms with Crippen LogP contribution in [0.25, 0.3) is 0 Å². The molecule has 1 aromatic heterocycles. The zero-order chi connectivity index (χ0) is 17.6. The van der Waals surface area contributed by atoms with Gasteiger partial charge in [-0.1, -0.05) is 24.2 Å². The predicted molar refractivity (Wildman–Crippen MR) is 94.6 cm³/mol. The average molecular weight is 343 g/mol. The van der Waals surface area contributed by atoms with E-state index in [1.54, 1.807) is 13.2 Å². The molecule has 6 nitrogen and oxygen atoms in total. The molecule has 1 atom stereocenters. The van der Waals surface area contributed by atoms with Gasteiger partial charge in [0.25, 0.3) is 5.91 Å². The van der Waals surface area contributed by atoms with Gasteiger partial charge in [0.1, 0.15) is 5.75 Å². The molecular formula is C19H25N3O3. The Kier molecular flexibility index (Phi) is 5.71. The van der Waals surface area contributed by atoms with Crippen LogP contribution in [0.2, 0.25) is 0 Å². The molecule has 1 aliphatic heterocycles. The van der Waals surface area contributed by atoms with Gasteiger partial charge in [0.15, 0.2) is 0 Å². The lowest BCUT2D eigenvalue weighted by Gasteiger charge is -2.33. The number of nitrogens with zero attached hydrogens (tertiary/aromatic N) is 2. The Balaban J connectivity index is 1.56. The fraction of sp³-hybridized carbons (Fsp3) is 0.474. The van der Waals surface area contributed by atoms with Gasteiger partial charge in [-0.2, -0.15) is 0 Å². The summed E-state index contributed by atoms with van der Waals surface area (Å²) in [5.41, 5.74) is 2.02. The quantitative estimate of drug-likeness (QED) is 0.873. The molecule has 25 heavy (non-hydrogen) atoms. The van der Waals surface area contributed by atoms with Gasteiger partial charge in [-0.15, -0.1) is 0 Å². The standard InChI is InChI=1S/C19H25N3O3/c1-3-15-11-18(25-21-15)19(23)20-16-7-5-9-22(13-16)12-14-6-4-8-17(10-14)24-2/h4,6,8,10-11,16H,3,5,7,9,12-13H2,1-2H3,(H,20,23)/t16-/m0/s1. The number of ether oxygens (including phenoxy) is 1. The highest BCUT2D eigenvalue weighted by Gasteiger charge is 2.23. The van der Waals surface area contributed by atoms with Crippen molar-refractivity contribution in [2.75, 3.05) is 20.2 Å². The van der Waals surface area contributed by atoms with Gasteiger partial charge < -0.3 is 14.6 Å². The third-order valence-electron chi connectivity index (χ3n) is 4.53. The maximum absolute atomic E-state index is 12.3. The molecule has 0 spiro atoms. The van der Waals surface area contributed by atoms with Gasteiger partial charge in [0.2, 0.25) is 5.76 Å². The van der Waals surface area contributed by atoms with Gasteiger partial charge in [-0.05, 0) is 43.5 Å². The van der Waals surface area contributed by atoms with Crippen LogP contribution in [0.3, 0.4) is 0 Å². The summed E-state index contributed by atoms with van der Waals surface area (Å²) in [7, 11) is 1.68. The summed E-state index contributed by atoms with van der Waals surface area (Å²) in [5.74, 6) is 0.985. The first kappa shape index (κ1) is 17.5. The summed E-state index contributed by atoms with van der Waals surface area (Å²) in [6.45, 7) is 4.70. The first-order valence-corrected chi connectivity index (χ1v) is 8.79. The van der Waals surface area contributed by atoms with E-state index >= 15 is 0 Å². The zero-order valence-corrected chi connectivity index (χ0v) is 14.8. The van der Waals surface area contributed by atoms with E-state index in [-0.39, 0.29) is 11.9 Å². The van der Waals surface area contributed by atoms with Crippen LogP contribution in [0.15, 0.2) is 34.9 Å². The molecule has 2 aromatic rings. The van der Waals surface area contributed by atoms with E-state index in [0.29, 0.717) is 5.76 Å². The lowest BCUT2D eigenvalue weighted by atomic mass is 10.0. The molecule has 2 heterocycles. The number of piperidine rings is 1. The molecule has 0 saturated carbocycles. The predicted octanol–water partition coefficient (Wildman–Crippen LogP) is 2.64. The third-order valence-corrected chi connectivity index (χ3v) is 4.53. The summed E-state index contributed by atoms with van der Waals surface area (Å²) >= 11 is 0. The maximum atomic E-state index is 12.3. The first-order chi connectivity index (χ1) is 12.2. The van der Waals surface area contributed by atoms with Crippen LogP contribution >= 0.6 is 0 Å². The van der Waals surface area contributed by atoms with Crippen molar-refractivity contribution < 1.29 is 14.1 Å². The molecule has 0 bridgehead atoms. The van der Waals surface area contributed by atoms with Gasteiger partial charge in [0.05, 0.1) is 12.8 Å². The summed E-state index contributed by atoms with van der Waals surface area (Å²) in [4.78, 5) is 14.7. The minimum Gasteiger partial charge on any atom is -0.497 e. The second kappa shape index (κ2) is 8.16. The summed E-state index contributed by atoms with van der Waals surface area (Å²) < 4.78 is 10.4. The third kappa shape index (κ3) is 4.60. The number of carbonyl (C=O) groups excluding carboxylic acids is 1. The molecule has 0 radical (unpaired) electrons. The van der Waals surface area contributed by atoms with E-state index in [4.69, 9.17) is 9.26 Å². The van der Waals surface area contributed by atoms with Gasteiger partial charge in [-0.25, -0.2) is 0 Å². The molecule has 134 valence electrons. The van der Waals surface area contributed by atoms with Crippen LogP contribution in [-0.4, -0.2) is 42.2 Å². The summed E-state index contributed by atoms with van der Waals surface area (Å²) in [5, 5.41) is 6.95. The normalized spacial score (nSPS) is 18.1. The van der Waals surface area contributed by atoms with Crippen LogP contribution in [0, 0.1) is 0 Å². The Bertz CT molecular complexity index is 713. The molecule has 0 unspecified atom stereocenters. The van der Waals surface area contributed by atoms with Crippen LogP contribution < -0.4 is 10.1 Å². The number of methoxy groups -OCH3 is 1. The molecule has 1 fully saturated rings. The number of likely N-dealkylation sites (tertiary alicyclic amines) is 1. The molecule has 1 saturated heterocycles. The minimum absolute atomic E-state index is 0.127. The number of carbonyl (C=O) groups is 1. The Morgan fingerprint density at radius 2 is 2.32 bits per heavy atom. The van der Waals surface area contributed by atoms with Gasteiger partial charge in [0, 0.05) is 25.2 Å².